The van der Waals surface area contributed by atoms with Crippen molar-refractivity contribution in [2.24, 2.45) is 0 Å². The van der Waals surface area contributed by atoms with Gasteiger partial charge in [0.1, 0.15) is 5.75 Å². The van der Waals surface area contributed by atoms with Gasteiger partial charge in [-0.15, -0.1) is 0 Å². The minimum absolute atomic E-state index is 0.0634. The van der Waals surface area contributed by atoms with Crippen LogP contribution < -0.4 is 10.1 Å². The van der Waals surface area contributed by atoms with Crippen molar-refractivity contribution in [1.82, 2.24) is 5.32 Å². The van der Waals surface area contributed by atoms with Gasteiger partial charge >= 0.3 is 0 Å². The van der Waals surface area contributed by atoms with Crippen LogP contribution in [0.2, 0.25) is 0 Å². The Labute approximate surface area is 103 Å². The molecule has 1 rings (SSSR count). The minimum Gasteiger partial charge on any atom is -0.484 e. The number of carbonyl (C=O) groups excluding carboxylic acids is 1. The lowest BCUT2D eigenvalue weighted by atomic mass is 10.2. The fraction of sp³-hybridized carbons (Fsp3) is 0.500. The van der Waals surface area contributed by atoms with Crippen molar-refractivity contribution in [3.8, 4) is 5.75 Å². The predicted molar refractivity (Wildman–Crippen MR) is 69.2 cm³/mol. The van der Waals surface area contributed by atoms with E-state index in [2.05, 4.69) is 12.2 Å². The van der Waals surface area contributed by atoms with Gasteiger partial charge in [0.2, 0.25) is 0 Å². The first-order chi connectivity index (χ1) is 8.11. The number of ether oxygens (including phenoxy) is 1. The van der Waals surface area contributed by atoms with Gasteiger partial charge in [0.25, 0.3) is 5.91 Å². The lowest BCUT2D eigenvalue weighted by molar-refractivity contribution is -0.123. The molecule has 1 atom stereocenters. The highest BCUT2D eigenvalue weighted by Crippen LogP contribution is 2.10. The normalized spacial score (nSPS) is 11.9. The Kier molecular flexibility index (Phi) is 5.53. The first-order valence-electron chi connectivity index (χ1n) is 6.10. The van der Waals surface area contributed by atoms with Crippen LogP contribution in [0.25, 0.3) is 0 Å². The lowest BCUT2D eigenvalue weighted by Gasteiger charge is -2.13. The molecule has 0 aliphatic heterocycles. The summed E-state index contributed by atoms with van der Waals surface area (Å²) < 4.78 is 5.39. The lowest BCUT2D eigenvalue weighted by Crippen LogP contribution is -2.35. The molecule has 0 saturated heterocycles. The summed E-state index contributed by atoms with van der Waals surface area (Å²) >= 11 is 0. The van der Waals surface area contributed by atoms with Gasteiger partial charge in [-0.25, -0.2) is 0 Å². The highest BCUT2D eigenvalue weighted by atomic mass is 16.5. The Morgan fingerprint density at radius 1 is 1.35 bits per heavy atom. The van der Waals surface area contributed by atoms with Crippen molar-refractivity contribution < 1.29 is 9.53 Å². The van der Waals surface area contributed by atoms with E-state index in [1.54, 1.807) is 0 Å². The number of benzene rings is 1. The van der Waals surface area contributed by atoms with Gasteiger partial charge in [-0.05, 0) is 32.4 Å². The molecule has 0 spiro atoms. The number of nitrogens with one attached hydrogen (secondary N) is 1. The summed E-state index contributed by atoms with van der Waals surface area (Å²) in [4.78, 5) is 11.5. The van der Waals surface area contributed by atoms with E-state index in [9.17, 15) is 4.79 Å². The Hall–Kier alpha value is -1.51. The van der Waals surface area contributed by atoms with Crippen LogP contribution in [-0.4, -0.2) is 18.6 Å². The molecule has 0 aliphatic rings. The zero-order valence-corrected chi connectivity index (χ0v) is 10.8. The van der Waals surface area contributed by atoms with Crippen molar-refractivity contribution in [3.05, 3.63) is 29.8 Å². The van der Waals surface area contributed by atoms with Crippen molar-refractivity contribution in [2.45, 2.75) is 39.7 Å². The van der Waals surface area contributed by atoms with Crippen LogP contribution >= 0.6 is 0 Å². The van der Waals surface area contributed by atoms with E-state index in [-0.39, 0.29) is 18.6 Å². The highest BCUT2D eigenvalue weighted by Gasteiger charge is 2.06. The molecule has 1 N–H and O–H groups in total. The van der Waals surface area contributed by atoms with Gasteiger partial charge in [-0.1, -0.05) is 31.0 Å². The second-order valence-electron chi connectivity index (χ2n) is 4.36. The molecule has 0 saturated carbocycles. The predicted octanol–water partition coefficient (Wildman–Crippen LogP) is 2.68. The number of amides is 1. The van der Waals surface area contributed by atoms with E-state index in [1.807, 2.05) is 38.1 Å². The SMILES string of the molecule is CCC[C@@H](C)NC(=O)COc1ccc(C)cc1. The Bertz CT molecular complexity index is 346. The Morgan fingerprint density at radius 3 is 2.59 bits per heavy atom. The van der Waals surface area contributed by atoms with Crippen LogP contribution in [0.5, 0.6) is 5.75 Å². The fourth-order valence-corrected chi connectivity index (χ4v) is 1.61. The topological polar surface area (TPSA) is 38.3 Å². The number of hydrogen-bond acceptors (Lipinski definition) is 2. The van der Waals surface area contributed by atoms with E-state index < -0.39 is 0 Å². The Morgan fingerprint density at radius 2 is 2.00 bits per heavy atom. The van der Waals surface area contributed by atoms with Gasteiger partial charge in [0, 0.05) is 6.04 Å². The molecule has 0 unspecified atom stereocenters. The molecule has 3 nitrogen and oxygen atoms in total. The van der Waals surface area contributed by atoms with Crippen molar-refractivity contribution in [3.63, 3.8) is 0 Å². The van der Waals surface area contributed by atoms with Gasteiger partial charge in [0.15, 0.2) is 6.61 Å². The van der Waals surface area contributed by atoms with Gasteiger partial charge in [-0.3, -0.25) is 4.79 Å². The van der Waals surface area contributed by atoms with Gasteiger partial charge in [0.05, 0.1) is 0 Å². The summed E-state index contributed by atoms with van der Waals surface area (Å²) in [5.74, 6) is 0.667. The molecule has 94 valence electrons. The first-order valence-corrected chi connectivity index (χ1v) is 6.10. The fourth-order valence-electron chi connectivity index (χ4n) is 1.61. The van der Waals surface area contributed by atoms with Crippen LogP contribution in [0, 0.1) is 6.92 Å². The third-order valence-electron chi connectivity index (χ3n) is 2.52. The Balaban J connectivity index is 2.30. The molecular formula is C14H21NO2. The van der Waals surface area contributed by atoms with Crippen LogP contribution in [0.1, 0.15) is 32.3 Å². The molecular weight excluding hydrogens is 214 g/mol. The summed E-state index contributed by atoms with van der Waals surface area (Å²) in [5, 5.41) is 2.90. The van der Waals surface area contributed by atoms with Crippen LogP contribution in [0.3, 0.4) is 0 Å². The van der Waals surface area contributed by atoms with Crippen LogP contribution in [0.4, 0.5) is 0 Å². The average molecular weight is 235 g/mol. The maximum atomic E-state index is 11.5. The molecule has 3 heteroatoms. The number of carbonyl (C=O) groups is 1. The summed E-state index contributed by atoms with van der Waals surface area (Å²) in [6.07, 6.45) is 2.07. The number of hydrogen-bond donors (Lipinski definition) is 1. The summed E-state index contributed by atoms with van der Waals surface area (Å²) in [6.45, 7) is 6.21. The van der Waals surface area contributed by atoms with E-state index >= 15 is 0 Å². The highest BCUT2D eigenvalue weighted by molar-refractivity contribution is 5.77. The van der Waals surface area contributed by atoms with E-state index in [0.29, 0.717) is 0 Å². The van der Waals surface area contributed by atoms with Crippen LogP contribution in [0.15, 0.2) is 24.3 Å². The zero-order chi connectivity index (χ0) is 12.7. The molecule has 1 aromatic carbocycles. The molecule has 0 radical (unpaired) electrons. The smallest absolute Gasteiger partial charge is 0.258 e. The molecule has 0 aromatic heterocycles. The molecule has 0 bridgehead atoms. The van der Waals surface area contributed by atoms with Gasteiger partial charge < -0.3 is 10.1 Å². The van der Waals surface area contributed by atoms with Crippen molar-refractivity contribution in [1.29, 1.82) is 0 Å². The molecule has 0 heterocycles. The van der Waals surface area contributed by atoms with E-state index in [1.165, 1.54) is 5.56 Å². The molecule has 0 aliphatic carbocycles. The quantitative estimate of drug-likeness (QED) is 0.823. The second-order valence-corrected chi connectivity index (χ2v) is 4.36. The van der Waals surface area contributed by atoms with Crippen LogP contribution in [-0.2, 0) is 4.79 Å². The third kappa shape index (κ3) is 5.38. The standard InChI is InChI=1S/C14H21NO2/c1-4-5-12(3)15-14(16)10-17-13-8-6-11(2)7-9-13/h6-9,12H,4-5,10H2,1-3H3,(H,15,16)/t12-/m1/s1. The summed E-state index contributed by atoms with van der Waals surface area (Å²) in [6, 6.07) is 7.89. The zero-order valence-electron chi connectivity index (χ0n) is 10.8. The number of rotatable bonds is 6. The average Bonchev–Trinajstić information content (AvgIpc) is 2.28. The van der Waals surface area contributed by atoms with E-state index in [0.717, 1.165) is 18.6 Å². The van der Waals surface area contributed by atoms with Crippen molar-refractivity contribution >= 4 is 5.91 Å². The molecule has 0 fully saturated rings. The second kappa shape index (κ2) is 6.94. The van der Waals surface area contributed by atoms with Crippen molar-refractivity contribution in [2.75, 3.05) is 6.61 Å². The molecule has 1 aromatic rings. The number of aryl methyl sites for hydroxylation is 1. The maximum Gasteiger partial charge on any atom is 0.258 e. The molecule has 17 heavy (non-hydrogen) atoms. The summed E-state index contributed by atoms with van der Waals surface area (Å²) in [7, 11) is 0. The third-order valence-corrected chi connectivity index (χ3v) is 2.52. The first kappa shape index (κ1) is 13.6. The largest absolute Gasteiger partial charge is 0.484 e. The summed E-state index contributed by atoms with van der Waals surface area (Å²) in [5.41, 5.74) is 1.18. The minimum atomic E-state index is -0.0634. The maximum absolute atomic E-state index is 11.5. The molecule has 1 amide bonds. The van der Waals surface area contributed by atoms with E-state index in [4.69, 9.17) is 4.74 Å². The monoisotopic (exact) mass is 235 g/mol. The van der Waals surface area contributed by atoms with Gasteiger partial charge in [-0.2, -0.15) is 0 Å².